The van der Waals surface area contributed by atoms with Gasteiger partial charge in [-0.3, -0.25) is 18.9 Å². The van der Waals surface area contributed by atoms with Crippen LogP contribution in [0.15, 0.2) is 24.3 Å². The second-order valence-corrected chi connectivity index (χ2v) is 14.4. The molecule has 9 nitrogen and oxygen atoms in total. The minimum Gasteiger partial charge on any atom is -0.462 e. The van der Waals surface area contributed by atoms with Gasteiger partial charge < -0.3 is 19.3 Å². The fraction of sp³-hybridized carbons (Fsp3) is 0.816. The van der Waals surface area contributed by atoms with E-state index in [4.69, 9.17) is 19.3 Å². The van der Waals surface area contributed by atoms with Crippen LogP contribution in [0.4, 0.5) is 0 Å². The average Bonchev–Trinajstić information content (AvgIpc) is 3.04. The van der Waals surface area contributed by atoms with Crippen molar-refractivity contribution in [3.8, 4) is 0 Å². The molecule has 0 saturated heterocycles. The molecule has 10 heteroatoms. The first kappa shape index (κ1) is 46.2. The Morgan fingerprint density at radius 3 is 1.79 bits per heavy atom. The van der Waals surface area contributed by atoms with E-state index < -0.39 is 32.5 Å². The monoisotopic (exact) mass is 700 g/mol. The molecular weight excluding hydrogens is 631 g/mol. The van der Waals surface area contributed by atoms with Crippen LogP contribution >= 0.6 is 7.82 Å². The highest BCUT2D eigenvalue weighted by Gasteiger charge is 2.22. The number of ketones is 1. The lowest BCUT2D eigenvalue weighted by Gasteiger charge is -2.18. The van der Waals surface area contributed by atoms with Gasteiger partial charge in [0.15, 0.2) is 11.9 Å². The quantitative estimate of drug-likeness (QED) is 0.0221. The lowest BCUT2D eigenvalue weighted by atomic mass is 9.99. The van der Waals surface area contributed by atoms with E-state index in [2.05, 4.69) is 31.4 Å². The number of hydrogen-bond donors (Lipinski definition) is 2. The summed E-state index contributed by atoms with van der Waals surface area (Å²) in [5.41, 5.74) is 0. The molecule has 0 saturated carbocycles. The summed E-state index contributed by atoms with van der Waals surface area (Å²) in [7, 11) is -4.77. The predicted molar refractivity (Wildman–Crippen MR) is 193 cm³/mol. The zero-order valence-electron chi connectivity index (χ0n) is 30.5. The van der Waals surface area contributed by atoms with Crippen LogP contribution in [-0.4, -0.2) is 46.8 Å². The van der Waals surface area contributed by atoms with Crippen LogP contribution in [0.5, 0.6) is 0 Å². The molecule has 0 aliphatic heterocycles. The summed E-state index contributed by atoms with van der Waals surface area (Å²) in [6, 6.07) is 0. The van der Waals surface area contributed by atoms with Crippen molar-refractivity contribution in [2.24, 2.45) is 5.92 Å². The molecule has 0 aliphatic carbocycles. The smallest absolute Gasteiger partial charge is 0.462 e. The van der Waals surface area contributed by atoms with Gasteiger partial charge in [0.05, 0.1) is 6.61 Å². The van der Waals surface area contributed by atoms with Gasteiger partial charge in [0.25, 0.3) is 0 Å². The SMILES string of the molecule is CCCCCC(=O)/C=C/C=C\CCCCCCCC(=O)OC[C@H](COP(=O)(O)O)OC(=O)CCCCCCCCCCCCC(C)CC. The zero-order chi connectivity index (χ0) is 35.7. The Morgan fingerprint density at radius 2 is 1.21 bits per heavy atom. The van der Waals surface area contributed by atoms with Crippen molar-refractivity contribution >= 4 is 25.5 Å². The summed E-state index contributed by atoms with van der Waals surface area (Å²) in [6.07, 6.45) is 30.2. The average molecular weight is 701 g/mol. The van der Waals surface area contributed by atoms with Gasteiger partial charge in [0.2, 0.25) is 0 Å². The molecule has 0 fully saturated rings. The Morgan fingerprint density at radius 1 is 0.667 bits per heavy atom. The van der Waals surface area contributed by atoms with Crippen molar-refractivity contribution in [2.45, 2.75) is 181 Å². The Kier molecular flexibility index (Phi) is 31.2. The molecule has 280 valence electrons. The molecule has 0 radical (unpaired) electrons. The first-order valence-corrected chi connectivity index (χ1v) is 20.5. The first-order chi connectivity index (χ1) is 23.1. The van der Waals surface area contributed by atoms with Crippen LogP contribution in [0, 0.1) is 5.92 Å². The van der Waals surface area contributed by atoms with Crippen molar-refractivity contribution in [3.63, 3.8) is 0 Å². The topological polar surface area (TPSA) is 136 Å². The maximum absolute atomic E-state index is 12.4. The highest BCUT2D eigenvalue weighted by Crippen LogP contribution is 2.36. The van der Waals surface area contributed by atoms with Crippen molar-refractivity contribution in [1.29, 1.82) is 0 Å². The van der Waals surface area contributed by atoms with Crippen molar-refractivity contribution in [2.75, 3.05) is 13.2 Å². The highest BCUT2D eigenvalue weighted by atomic mass is 31.2. The van der Waals surface area contributed by atoms with Gasteiger partial charge in [-0.25, -0.2) is 4.57 Å². The van der Waals surface area contributed by atoms with E-state index in [1.807, 2.05) is 12.2 Å². The molecule has 48 heavy (non-hydrogen) atoms. The van der Waals surface area contributed by atoms with Crippen LogP contribution in [0.3, 0.4) is 0 Å². The molecule has 2 atom stereocenters. The summed E-state index contributed by atoms with van der Waals surface area (Å²) >= 11 is 0. The molecule has 0 bridgehead atoms. The zero-order valence-corrected chi connectivity index (χ0v) is 31.4. The maximum atomic E-state index is 12.4. The van der Waals surface area contributed by atoms with Crippen LogP contribution in [0.25, 0.3) is 0 Å². The molecule has 0 aromatic rings. The summed E-state index contributed by atoms with van der Waals surface area (Å²) in [5, 5.41) is 0. The molecule has 0 amide bonds. The molecule has 0 aromatic carbocycles. The standard InChI is InChI=1S/C38H69O9P/c1-4-6-22-28-35(39)29-24-19-15-11-9-13-16-20-25-30-37(40)45-32-36(33-46-48(42,43)44)47-38(41)31-26-21-17-12-8-7-10-14-18-23-27-34(3)5-2/h15,19,24,29,34,36H,4-14,16-18,20-23,25-28,30-33H2,1-3H3,(H2,42,43,44)/b19-15-,29-24+/t34?,36-/m1/s1. The van der Waals surface area contributed by atoms with Crippen LogP contribution in [0.1, 0.15) is 175 Å². The molecule has 1 unspecified atom stereocenters. The van der Waals surface area contributed by atoms with E-state index in [1.54, 1.807) is 6.08 Å². The number of allylic oxidation sites excluding steroid dienone is 4. The summed E-state index contributed by atoms with van der Waals surface area (Å²) in [4.78, 5) is 54.4. The Labute approximate surface area is 292 Å². The Hall–Kier alpha value is -1.80. The molecule has 0 spiro atoms. The highest BCUT2D eigenvalue weighted by molar-refractivity contribution is 7.46. The van der Waals surface area contributed by atoms with E-state index in [0.717, 1.165) is 76.5 Å². The van der Waals surface area contributed by atoms with Gasteiger partial charge in [-0.2, -0.15) is 0 Å². The number of unbranched alkanes of at least 4 members (excludes halogenated alkanes) is 16. The third kappa shape index (κ3) is 34.1. The van der Waals surface area contributed by atoms with Crippen molar-refractivity contribution < 1.29 is 42.7 Å². The number of esters is 2. The fourth-order valence-corrected chi connectivity index (χ4v) is 5.57. The van der Waals surface area contributed by atoms with Gasteiger partial charge in [-0.05, 0) is 44.1 Å². The third-order valence-corrected chi connectivity index (χ3v) is 8.97. The van der Waals surface area contributed by atoms with E-state index in [1.165, 1.54) is 51.4 Å². The van der Waals surface area contributed by atoms with Gasteiger partial charge in [-0.1, -0.05) is 142 Å². The van der Waals surface area contributed by atoms with E-state index in [0.29, 0.717) is 19.3 Å². The van der Waals surface area contributed by atoms with E-state index in [-0.39, 0.29) is 25.2 Å². The number of phosphoric acid groups is 1. The lowest BCUT2D eigenvalue weighted by molar-refractivity contribution is -0.161. The number of carbonyl (C=O) groups is 3. The van der Waals surface area contributed by atoms with E-state index in [9.17, 15) is 18.9 Å². The number of hydrogen-bond acceptors (Lipinski definition) is 7. The second kappa shape index (κ2) is 32.4. The minimum absolute atomic E-state index is 0.174. The maximum Gasteiger partial charge on any atom is 0.469 e. The molecule has 0 aromatic heterocycles. The first-order valence-electron chi connectivity index (χ1n) is 19.0. The van der Waals surface area contributed by atoms with Crippen molar-refractivity contribution in [3.05, 3.63) is 24.3 Å². The number of ether oxygens (including phenoxy) is 2. The normalized spacial score (nSPS) is 13.3. The van der Waals surface area contributed by atoms with Gasteiger partial charge in [-0.15, -0.1) is 0 Å². The number of phosphoric ester groups is 1. The van der Waals surface area contributed by atoms with Crippen LogP contribution in [-0.2, 0) is 32.9 Å². The van der Waals surface area contributed by atoms with E-state index >= 15 is 0 Å². The van der Waals surface area contributed by atoms with Gasteiger partial charge in [0.1, 0.15) is 6.61 Å². The van der Waals surface area contributed by atoms with Crippen LogP contribution in [0.2, 0.25) is 0 Å². The summed E-state index contributed by atoms with van der Waals surface area (Å²) in [5.74, 6) is 0.0721. The summed E-state index contributed by atoms with van der Waals surface area (Å²) < 4.78 is 26.3. The van der Waals surface area contributed by atoms with Crippen molar-refractivity contribution in [1.82, 2.24) is 0 Å². The Bertz CT molecular complexity index is 912. The minimum atomic E-state index is -4.77. The molecule has 2 N–H and O–H groups in total. The molecule has 0 rings (SSSR count). The largest absolute Gasteiger partial charge is 0.469 e. The van der Waals surface area contributed by atoms with Gasteiger partial charge in [0, 0.05) is 19.3 Å². The molecule has 0 aliphatic rings. The predicted octanol–water partition coefficient (Wildman–Crippen LogP) is 10.3. The second-order valence-electron chi connectivity index (χ2n) is 13.2. The molecule has 0 heterocycles. The Balaban J connectivity index is 4.04. The number of rotatable bonds is 34. The fourth-order valence-electron chi connectivity index (χ4n) is 5.21. The number of carbonyl (C=O) groups excluding carboxylic acids is 3. The third-order valence-electron chi connectivity index (χ3n) is 8.49. The lowest BCUT2D eigenvalue weighted by Crippen LogP contribution is -2.29. The summed E-state index contributed by atoms with van der Waals surface area (Å²) in [6.45, 7) is 5.83. The molecular formula is C38H69O9P. The van der Waals surface area contributed by atoms with Crippen LogP contribution < -0.4 is 0 Å². The van der Waals surface area contributed by atoms with Gasteiger partial charge >= 0.3 is 19.8 Å².